The molecule has 0 amide bonds. The van der Waals surface area contributed by atoms with E-state index in [-0.39, 0.29) is 5.97 Å². The van der Waals surface area contributed by atoms with Crippen molar-refractivity contribution < 1.29 is 14.6 Å². The number of carbonyl (C=O) groups is 1. The number of carbonyl (C=O) groups excluding carboxylic acids is 1. The van der Waals surface area contributed by atoms with Crippen LogP contribution >= 0.6 is 0 Å². The van der Waals surface area contributed by atoms with Crippen molar-refractivity contribution in [2.75, 3.05) is 0 Å². The van der Waals surface area contributed by atoms with E-state index in [0.717, 1.165) is 5.57 Å². The van der Waals surface area contributed by atoms with Crippen molar-refractivity contribution in [1.29, 1.82) is 0 Å². The normalized spacial score (nSPS) is 12.2. The lowest BCUT2D eigenvalue weighted by Gasteiger charge is -2.28. The van der Waals surface area contributed by atoms with Crippen LogP contribution in [-0.4, -0.2) is 22.3 Å². The summed E-state index contributed by atoms with van der Waals surface area (Å²) in [6.45, 7) is 10.9. The average molecular weight is 228 g/mol. The first-order chi connectivity index (χ1) is 7.02. The van der Waals surface area contributed by atoms with Gasteiger partial charge in [-0.1, -0.05) is 5.57 Å². The van der Waals surface area contributed by atoms with Gasteiger partial charge in [-0.05, 0) is 54.4 Å². The summed E-state index contributed by atoms with van der Waals surface area (Å²) in [7, 11) is 0. The zero-order chi connectivity index (χ0) is 13.0. The first kappa shape index (κ1) is 15.2. The largest absolute Gasteiger partial charge is 0.457 e. The molecule has 0 aliphatic heterocycles. The smallest absolute Gasteiger partial charge is 0.331 e. The first-order valence-corrected chi connectivity index (χ1v) is 5.62. The predicted octanol–water partition coefficient (Wildman–Crippen LogP) is 2.83. The van der Waals surface area contributed by atoms with Gasteiger partial charge in [0.05, 0.1) is 5.60 Å². The van der Waals surface area contributed by atoms with Crippen LogP contribution in [0.25, 0.3) is 0 Å². The fourth-order valence-corrected chi connectivity index (χ4v) is 1.20. The molecule has 94 valence electrons. The van der Waals surface area contributed by atoms with Crippen molar-refractivity contribution in [2.24, 2.45) is 0 Å². The summed E-state index contributed by atoms with van der Waals surface area (Å²) >= 11 is 0. The van der Waals surface area contributed by atoms with Crippen LogP contribution in [0.1, 0.15) is 54.4 Å². The topological polar surface area (TPSA) is 46.5 Å². The molecule has 16 heavy (non-hydrogen) atoms. The maximum Gasteiger partial charge on any atom is 0.331 e. The molecular formula is C13H24O3. The highest BCUT2D eigenvalue weighted by atomic mass is 16.6. The summed E-state index contributed by atoms with van der Waals surface area (Å²) in [4.78, 5) is 11.4. The summed E-state index contributed by atoms with van der Waals surface area (Å²) < 4.78 is 5.32. The summed E-state index contributed by atoms with van der Waals surface area (Å²) in [6.07, 6.45) is 2.72. The van der Waals surface area contributed by atoms with Gasteiger partial charge in [-0.2, -0.15) is 0 Å². The minimum absolute atomic E-state index is 0.319. The lowest BCUT2D eigenvalue weighted by molar-refractivity contribution is -0.151. The number of hydrogen-bond donors (Lipinski definition) is 1. The van der Waals surface area contributed by atoms with Crippen LogP contribution in [0.5, 0.6) is 0 Å². The fourth-order valence-electron chi connectivity index (χ4n) is 1.20. The molecule has 0 aromatic rings. The standard InChI is InChI=1S/C13H24O3/c1-10(2)9-11(14)16-13(5,6)8-7-12(3,4)15/h9,15H,7-8H2,1-6H3. The molecular weight excluding hydrogens is 204 g/mol. The van der Waals surface area contributed by atoms with Gasteiger partial charge in [-0.15, -0.1) is 0 Å². The average Bonchev–Trinajstić information content (AvgIpc) is 1.96. The number of rotatable bonds is 5. The van der Waals surface area contributed by atoms with E-state index >= 15 is 0 Å². The number of allylic oxidation sites excluding steroid dienone is 1. The van der Waals surface area contributed by atoms with Crippen molar-refractivity contribution in [3.05, 3.63) is 11.6 Å². The quantitative estimate of drug-likeness (QED) is 0.581. The molecule has 0 bridgehead atoms. The van der Waals surface area contributed by atoms with Gasteiger partial charge < -0.3 is 9.84 Å². The van der Waals surface area contributed by atoms with E-state index < -0.39 is 11.2 Å². The minimum atomic E-state index is -0.722. The molecule has 0 aliphatic carbocycles. The van der Waals surface area contributed by atoms with Gasteiger partial charge in [0.2, 0.25) is 0 Å². The van der Waals surface area contributed by atoms with Crippen LogP contribution in [0.4, 0.5) is 0 Å². The van der Waals surface area contributed by atoms with E-state index in [1.54, 1.807) is 13.8 Å². The second kappa shape index (κ2) is 5.48. The van der Waals surface area contributed by atoms with Gasteiger partial charge in [-0.25, -0.2) is 4.79 Å². The molecule has 0 unspecified atom stereocenters. The second-order valence-electron chi connectivity index (χ2n) is 5.71. The van der Waals surface area contributed by atoms with Gasteiger partial charge in [0.25, 0.3) is 0 Å². The zero-order valence-corrected chi connectivity index (χ0v) is 11.3. The zero-order valence-electron chi connectivity index (χ0n) is 11.3. The summed E-state index contributed by atoms with van der Waals surface area (Å²) in [5, 5.41) is 9.61. The maximum atomic E-state index is 11.4. The maximum absolute atomic E-state index is 11.4. The Bertz CT molecular complexity index is 265. The summed E-state index contributed by atoms with van der Waals surface area (Å²) in [6, 6.07) is 0. The van der Waals surface area contributed by atoms with E-state index in [1.165, 1.54) is 6.08 Å². The van der Waals surface area contributed by atoms with E-state index in [4.69, 9.17) is 4.74 Å². The Kier molecular flexibility index (Phi) is 5.20. The number of esters is 1. The minimum Gasteiger partial charge on any atom is -0.457 e. The molecule has 0 heterocycles. The Morgan fingerprint density at radius 3 is 2.06 bits per heavy atom. The fraction of sp³-hybridized carbons (Fsp3) is 0.769. The Balaban J connectivity index is 4.25. The lowest BCUT2D eigenvalue weighted by Crippen LogP contribution is -2.31. The highest BCUT2D eigenvalue weighted by Crippen LogP contribution is 2.22. The van der Waals surface area contributed by atoms with Crippen molar-refractivity contribution >= 4 is 5.97 Å². The molecule has 0 fully saturated rings. The van der Waals surface area contributed by atoms with E-state index in [1.807, 2.05) is 27.7 Å². The van der Waals surface area contributed by atoms with Crippen molar-refractivity contribution in [1.82, 2.24) is 0 Å². The van der Waals surface area contributed by atoms with Crippen LogP contribution in [0.15, 0.2) is 11.6 Å². The molecule has 0 radical (unpaired) electrons. The Morgan fingerprint density at radius 1 is 1.19 bits per heavy atom. The number of hydrogen-bond acceptors (Lipinski definition) is 3. The van der Waals surface area contributed by atoms with Crippen LogP contribution in [0, 0.1) is 0 Å². The molecule has 0 rings (SSSR count). The van der Waals surface area contributed by atoms with Gasteiger partial charge in [-0.3, -0.25) is 0 Å². The Morgan fingerprint density at radius 2 is 1.69 bits per heavy atom. The highest BCUT2D eigenvalue weighted by molar-refractivity contribution is 5.82. The molecule has 0 aromatic heterocycles. The van der Waals surface area contributed by atoms with Crippen molar-refractivity contribution in [3.63, 3.8) is 0 Å². The van der Waals surface area contributed by atoms with Crippen LogP contribution < -0.4 is 0 Å². The number of aliphatic hydroxyl groups is 1. The second-order valence-corrected chi connectivity index (χ2v) is 5.71. The van der Waals surface area contributed by atoms with Gasteiger partial charge in [0, 0.05) is 6.08 Å². The summed E-state index contributed by atoms with van der Waals surface area (Å²) in [5.41, 5.74) is -0.341. The Labute approximate surface area is 98.5 Å². The molecule has 3 nitrogen and oxygen atoms in total. The third kappa shape index (κ3) is 8.48. The van der Waals surface area contributed by atoms with E-state index in [2.05, 4.69) is 0 Å². The van der Waals surface area contributed by atoms with E-state index in [0.29, 0.717) is 12.8 Å². The highest BCUT2D eigenvalue weighted by Gasteiger charge is 2.25. The van der Waals surface area contributed by atoms with Crippen LogP contribution in [-0.2, 0) is 9.53 Å². The van der Waals surface area contributed by atoms with Gasteiger partial charge in [0.1, 0.15) is 5.60 Å². The SMILES string of the molecule is CC(C)=CC(=O)OC(C)(C)CCC(C)(C)O. The molecule has 1 N–H and O–H groups in total. The predicted molar refractivity (Wildman–Crippen MR) is 65.1 cm³/mol. The lowest BCUT2D eigenvalue weighted by atomic mass is 9.94. The monoisotopic (exact) mass is 228 g/mol. The first-order valence-electron chi connectivity index (χ1n) is 5.62. The summed E-state index contributed by atoms with van der Waals surface area (Å²) in [5.74, 6) is -0.319. The van der Waals surface area contributed by atoms with E-state index in [9.17, 15) is 9.90 Å². The molecule has 3 heteroatoms. The molecule has 0 spiro atoms. The molecule has 0 aromatic carbocycles. The third-order valence-corrected chi connectivity index (χ3v) is 2.12. The number of ether oxygens (including phenoxy) is 1. The Hall–Kier alpha value is -0.830. The van der Waals surface area contributed by atoms with Crippen LogP contribution in [0.2, 0.25) is 0 Å². The van der Waals surface area contributed by atoms with Crippen molar-refractivity contribution in [2.45, 2.75) is 65.6 Å². The molecule has 0 saturated carbocycles. The van der Waals surface area contributed by atoms with Gasteiger partial charge in [0.15, 0.2) is 0 Å². The molecule has 0 saturated heterocycles. The molecule has 0 aliphatic rings. The van der Waals surface area contributed by atoms with Crippen molar-refractivity contribution in [3.8, 4) is 0 Å². The van der Waals surface area contributed by atoms with Gasteiger partial charge >= 0.3 is 5.97 Å². The van der Waals surface area contributed by atoms with Crippen LogP contribution in [0.3, 0.4) is 0 Å². The third-order valence-electron chi connectivity index (χ3n) is 2.12. The molecule has 0 atom stereocenters.